The summed E-state index contributed by atoms with van der Waals surface area (Å²) in [5.74, 6) is 2.32. The zero-order valence-corrected chi connectivity index (χ0v) is 17.0. The van der Waals surface area contributed by atoms with Gasteiger partial charge in [0.15, 0.2) is 9.34 Å². The molecule has 4 aromatic rings. The van der Waals surface area contributed by atoms with Gasteiger partial charge >= 0.3 is 0 Å². The molecule has 0 bridgehead atoms. The lowest BCUT2D eigenvalue weighted by molar-refractivity contribution is 0.415. The first-order valence-electron chi connectivity index (χ1n) is 7.94. The Bertz CT molecular complexity index is 1030. The second kappa shape index (κ2) is 7.17. The molecule has 0 unspecified atom stereocenters. The smallest absolute Gasteiger partial charge is 0.170 e. The zero-order chi connectivity index (χ0) is 18.1. The standard InChI is InChI=1S/C21H14Br2O3/c1-24-15-9-7-13(8-10-15)16-11-18(22)26-21(16)17-12-19(23)25-20(17)14-5-3-2-4-6-14/h2-12H,1H3. The lowest BCUT2D eigenvalue weighted by atomic mass is 10.0. The molecule has 0 radical (unpaired) electrons. The van der Waals surface area contributed by atoms with Crippen LogP contribution >= 0.6 is 31.9 Å². The molecule has 0 aliphatic heterocycles. The molecule has 0 aliphatic carbocycles. The van der Waals surface area contributed by atoms with Gasteiger partial charge in [-0.25, -0.2) is 0 Å². The Balaban J connectivity index is 1.87. The van der Waals surface area contributed by atoms with Crippen LogP contribution in [0.3, 0.4) is 0 Å². The fourth-order valence-corrected chi connectivity index (χ4v) is 3.66. The van der Waals surface area contributed by atoms with Crippen molar-refractivity contribution in [2.45, 2.75) is 0 Å². The van der Waals surface area contributed by atoms with E-state index in [1.165, 1.54) is 0 Å². The average Bonchev–Trinajstić information content (AvgIpc) is 3.25. The molecule has 0 N–H and O–H groups in total. The van der Waals surface area contributed by atoms with Gasteiger partial charge in [-0.1, -0.05) is 42.5 Å². The molecule has 130 valence electrons. The molecule has 0 saturated carbocycles. The van der Waals surface area contributed by atoms with Crippen LogP contribution in [0.15, 0.2) is 84.9 Å². The Labute approximate surface area is 167 Å². The van der Waals surface area contributed by atoms with Crippen LogP contribution in [0.1, 0.15) is 0 Å². The molecule has 0 saturated heterocycles. The molecule has 0 aliphatic rings. The number of furan rings is 2. The minimum absolute atomic E-state index is 0.652. The largest absolute Gasteiger partial charge is 0.497 e. The molecule has 0 atom stereocenters. The average molecular weight is 474 g/mol. The maximum atomic E-state index is 5.99. The SMILES string of the molecule is COc1ccc(-c2cc(Br)oc2-c2cc(Br)oc2-c2ccccc2)cc1. The first-order chi connectivity index (χ1) is 12.7. The van der Waals surface area contributed by atoms with Gasteiger partial charge < -0.3 is 13.6 Å². The van der Waals surface area contributed by atoms with Gasteiger partial charge in [-0.15, -0.1) is 0 Å². The van der Waals surface area contributed by atoms with Crippen molar-refractivity contribution in [1.29, 1.82) is 0 Å². The van der Waals surface area contributed by atoms with Crippen LogP contribution in [0.25, 0.3) is 33.8 Å². The van der Waals surface area contributed by atoms with Crippen LogP contribution in [-0.2, 0) is 0 Å². The van der Waals surface area contributed by atoms with Crippen molar-refractivity contribution < 1.29 is 13.6 Å². The lowest BCUT2D eigenvalue weighted by Crippen LogP contribution is -1.84. The quantitative estimate of drug-likeness (QED) is 0.309. The topological polar surface area (TPSA) is 35.5 Å². The first-order valence-corrected chi connectivity index (χ1v) is 9.53. The number of hydrogen-bond donors (Lipinski definition) is 0. The van der Waals surface area contributed by atoms with E-state index in [0.29, 0.717) is 9.34 Å². The highest BCUT2D eigenvalue weighted by Crippen LogP contribution is 2.44. The Kier molecular flexibility index (Phi) is 4.74. The van der Waals surface area contributed by atoms with Crippen molar-refractivity contribution in [1.82, 2.24) is 0 Å². The Morgan fingerprint density at radius 1 is 0.692 bits per heavy atom. The minimum Gasteiger partial charge on any atom is -0.497 e. The van der Waals surface area contributed by atoms with Crippen molar-refractivity contribution in [2.24, 2.45) is 0 Å². The molecular weight excluding hydrogens is 460 g/mol. The Morgan fingerprint density at radius 3 is 1.96 bits per heavy atom. The summed E-state index contributed by atoms with van der Waals surface area (Å²) in [4.78, 5) is 0. The molecule has 2 aromatic carbocycles. The van der Waals surface area contributed by atoms with Gasteiger partial charge in [0.1, 0.15) is 17.3 Å². The van der Waals surface area contributed by atoms with Crippen molar-refractivity contribution in [3.8, 4) is 39.5 Å². The number of halogens is 2. The summed E-state index contributed by atoms with van der Waals surface area (Å²) in [7, 11) is 1.66. The van der Waals surface area contributed by atoms with Gasteiger partial charge in [0.25, 0.3) is 0 Å². The Morgan fingerprint density at radius 2 is 1.31 bits per heavy atom. The summed E-state index contributed by atoms with van der Waals surface area (Å²) in [6, 6.07) is 21.8. The third-order valence-electron chi connectivity index (χ3n) is 4.09. The van der Waals surface area contributed by atoms with E-state index < -0.39 is 0 Å². The molecule has 5 heteroatoms. The van der Waals surface area contributed by atoms with E-state index in [1.807, 2.05) is 66.7 Å². The normalized spacial score (nSPS) is 10.9. The highest BCUT2D eigenvalue weighted by atomic mass is 79.9. The molecule has 2 heterocycles. The molecule has 3 nitrogen and oxygen atoms in total. The summed E-state index contributed by atoms with van der Waals surface area (Å²) in [5, 5.41) is 0. The van der Waals surface area contributed by atoms with E-state index in [1.54, 1.807) is 7.11 Å². The third-order valence-corrected chi connectivity index (χ3v) is 4.87. The van der Waals surface area contributed by atoms with E-state index >= 15 is 0 Å². The molecule has 2 aromatic heterocycles. The predicted molar refractivity (Wildman–Crippen MR) is 109 cm³/mol. The van der Waals surface area contributed by atoms with Crippen LogP contribution in [0, 0.1) is 0 Å². The number of rotatable bonds is 4. The van der Waals surface area contributed by atoms with Crippen LogP contribution < -0.4 is 4.74 Å². The highest BCUT2D eigenvalue weighted by molar-refractivity contribution is 9.10. The van der Waals surface area contributed by atoms with Crippen molar-refractivity contribution >= 4 is 31.9 Å². The minimum atomic E-state index is 0.652. The summed E-state index contributed by atoms with van der Waals surface area (Å²) >= 11 is 6.91. The van der Waals surface area contributed by atoms with Crippen LogP contribution in [-0.4, -0.2) is 7.11 Å². The van der Waals surface area contributed by atoms with E-state index in [4.69, 9.17) is 13.6 Å². The molecule has 4 rings (SSSR count). The van der Waals surface area contributed by atoms with E-state index in [-0.39, 0.29) is 0 Å². The van der Waals surface area contributed by atoms with Gasteiger partial charge in [0.05, 0.1) is 12.7 Å². The molecule has 0 amide bonds. The van der Waals surface area contributed by atoms with E-state index in [0.717, 1.165) is 39.5 Å². The summed E-state index contributed by atoms with van der Waals surface area (Å²) in [5.41, 5.74) is 3.89. The summed E-state index contributed by atoms with van der Waals surface area (Å²) in [6.07, 6.45) is 0. The second-order valence-electron chi connectivity index (χ2n) is 5.68. The maximum absolute atomic E-state index is 5.99. The zero-order valence-electron chi connectivity index (χ0n) is 13.8. The van der Waals surface area contributed by atoms with E-state index in [2.05, 4.69) is 31.9 Å². The maximum Gasteiger partial charge on any atom is 0.170 e. The fourth-order valence-electron chi connectivity index (χ4n) is 2.88. The molecular formula is C21H14Br2O3. The number of benzene rings is 2. The molecule has 0 fully saturated rings. The monoisotopic (exact) mass is 472 g/mol. The van der Waals surface area contributed by atoms with Gasteiger partial charge in [-0.2, -0.15) is 0 Å². The van der Waals surface area contributed by atoms with Crippen LogP contribution in [0.5, 0.6) is 5.75 Å². The predicted octanol–water partition coefficient (Wildman–Crippen LogP) is 7.41. The first kappa shape index (κ1) is 17.2. The lowest BCUT2D eigenvalue weighted by Gasteiger charge is -2.05. The van der Waals surface area contributed by atoms with Gasteiger partial charge in [-0.05, 0) is 55.6 Å². The number of hydrogen-bond acceptors (Lipinski definition) is 3. The fraction of sp³-hybridized carbons (Fsp3) is 0.0476. The van der Waals surface area contributed by atoms with Crippen molar-refractivity contribution in [3.63, 3.8) is 0 Å². The summed E-state index contributed by atoms with van der Waals surface area (Å²) in [6.45, 7) is 0. The number of methoxy groups -OCH3 is 1. The number of ether oxygens (including phenoxy) is 1. The van der Waals surface area contributed by atoms with Crippen molar-refractivity contribution in [2.75, 3.05) is 7.11 Å². The van der Waals surface area contributed by atoms with Gasteiger partial charge in [-0.3, -0.25) is 0 Å². The highest BCUT2D eigenvalue weighted by Gasteiger charge is 2.21. The molecule has 0 spiro atoms. The van der Waals surface area contributed by atoms with E-state index in [9.17, 15) is 0 Å². The molecule has 26 heavy (non-hydrogen) atoms. The van der Waals surface area contributed by atoms with Crippen LogP contribution in [0.2, 0.25) is 0 Å². The van der Waals surface area contributed by atoms with Gasteiger partial charge in [0.2, 0.25) is 0 Å². The second-order valence-corrected chi connectivity index (χ2v) is 7.24. The third kappa shape index (κ3) is 3.24. The van der Waals surface area contributed by atoms with Gasteiger partial charge in [0, 0.05) is 17.2 Å². The summed E-state index contributed by atoms with van der Waals surface area (Å²) < 4.78 is 18.5. The van der Waals surface area contributed by atoms with Crippen molar-refractivity contribution in [3.05, 3.63) is 76.1 Å². The van der Waals surface area contributed by atoms with Crippen LogP contribution in [0.4, 0.5) is 0 Å². The Hall–Kier alpha value is -2.24.